The summed E-state index contributed by atoms with van der Waals surface area (Å²) in [4.78, 5) is 15.9. The Hall–Kier alpha value is -1.90. The summed E-state index contributed by atoms with van der Waals surface area (Å²) in [6.45, 7) is 1.83. The highest BCUT2D eigenvalue weighted by Crippen LogP contribution is 2.17. The van der Waals surface area contributed by atoms with Gasteiger partial charge in [-0.1, -0.05) is 6.07 Å². The molecule has 3 nitrogen and oxygen atoms in total. The first-order valence-electron chi connectivity index (χ1n) is 4.78. The summed E-state index contributed by atoms with van der Waals surface area (Å²) in [5.41, 5.74) is 2.50. The van der Waals surface area contributed by atoms with Gasteiger partial charge < -0.3 is 4.57 Å². The number of aryl methyl sites for hydroxylation is 1. The Morgan fingerprint density at radius 1 is 1.27 bits per heavy atom. The van der Waals surface area contributed by atoms with Crippen molar-refractivity contribution in [1.82, 2.24) is 9.55 Å². The Balaban J connectivity index is 2.66. The first kappa shape index (κ1) is 9.65. The van der Waals surface area contributed by atoms with E-state index < -0.39 is 0 Å². The minimum atomic E-state index is 0.0261. The Kier molecular flexibility index (Phi) is 2.37. The molecule has 0 saturated heterocycles. The molecule has 0 fully saturated rings. The molecule has 0 spiro atoms. The van der Waals surface area contributed by atoms with Crippen molar-refractivity contribution in [2.75, 3.05) is 0 Å². The smallest absolute Gasteiger partial charge is 0.253 e. The number of rotatable bonds is 1. The Bertz CT molecular complexity index is 529. The van der Waals surface area contributed by atoms with Crippen LogP contribution in [0.4, 0.5) is 0 Å². The molecule has 0 amide bonds. The maximum atomic E-state index is 11.7. The van der Waals surface area contributed by atoms with E-state index in [9.17, 15) is 4.79 Å². The molecule has 0 bridgehead atoms. The van der Waals surface area contributed by atoms with E-state index >= 15 is 0 Å². The second kappa shape index (κ2) is 3.69. The first-order valence-corrected chi connectivity index (χ1v) is 4.78. The zero-order chi connectivity index (χ0) is 10.8. The maximum absolute atomic E-state index is 11.7. The molecule has 0 N–H and O–H groups in total. The van der Waals surface area contributed by atoms with E-state index in [-0.39, 0.29) is 5.56 Å². The summed E-state index contributed by atoms with van der Waals surface area (Å²) in [6.07, 6.45) is 3.49. The van der Waals surface area contributed by atoms with Gasteiger partial charge in [0.1, 0.15) is 0 Å². The standard InChI is InChI=1S/C12H12N2O/c1-9-10(6-8-14(2)12(9)15)11-5-3-4-7-13-11/h3-8H,1-2H3. The number of aromatic nitrogens is 2. The minimum absolute atomic E-state index is 0.0261. The molecule has 0 unspecified atom stereocenters. The summed E-state index contributed by atoms with van der Waals surface area (Å²) >= 11 is 0. The van der Waals surface area contributed by atoms with Gasteiger partial charge >= 0.3 is 0 Å². The van der Waals surface area contributed by atoms with Crippen LogP contribution in [-0.4, -0.2) is 9.55 Å². The van der Waals surface area contributed by atoms with Crippen molar-refractivity contribution in [3.05, 3.63) is 52.6 Å². The average Bonchev–Trinajstić information content (AvgIpc) is 2.27. The van der Waals surface area contributed by atoms with Gasteiger partial charge in [-0.2, -0.15) is 0 Å². The molecular weight excluding hydrogens is 188 g/mol. The van der Waals surface area contributed by atoms with Gasteiger partial charge in [0.2, 0.25) is 0 Å². The molecule has 2 heterocycles. The van der Waals surface area contributed by atoms with Crippen molar-refractivity contribution in [2.24, 2.45) is 7.05 Å². The number of pyridine rings is 2. The van der Waals surface area contributed by atoms with Gasteiger partial charge in [-0.05, 0) is 25.1 Å². The average molecular weight is 200 g/mol. The number of nitrogens with zero attached hydrogens (tertiary/aromatic N) is 2. The van der Waals surface area contributed by atoms with E-state index in [1.807, 2.05) is 31.2 Å². The molecule has 0 aromatic carbocycles. The molecule has 0 atom stereocenters. The molecule has 2 rings (SSSR count). The van der Waals surface area contributed by atoms with E-state index in [0.717, 1.165) is 16.8 Å². The minimum Gasteiger partial charge on any atom is -0.318 e. The fraction of sp³-hybridized carbons (Fsp3) is 0.167. The normalized spacial score (nSPS) is 10.3. The van der Waals surface area contributed by atoms with E-state index in [2.05, 4.69) is 4.98 Å². The third-order valence-corrected chi connectivity index (χ3v) is 2.45. The van der Waals surface area contributed by atoms with Crippen LogP contribution in [0.15, 0.2) is 41.5 Å². The quantitative estimate of drug-likeness (QED) is 0.703. The summed E-state index contributed by atoms with van der Waals surface area (Å²) in [7, 11) is 1.75. The van der Waals surface area contributed by atoms with Gasteiger partial charge in [0.15, 0.2) is 0 Å². The summed E-state index contributed by atoms with van der Waals surface area (Å²) in [5, 5.41) is 0. The Morgan fingerprint density at radius 3 is 2.73 bits per heavy atom. The van der Waals surface area contributed by atoms with Crippen LogP contribution in [0.3, 0.4) is 0 Å². The van der Waals surface area contributed by atoms with E-state index in [0.29, 0.717) is 0 Å². The third kappa shape index (κ3) is 1.68. The molecule has 0 saturated carbocycles. The third-order valence-electron chi connectivity index (χ3n) is 2.45. The van der Waals surface area contributed by atoms with Crippen LogP contribution in [-0.2, 0) is 7.05 Å². The van der Waals surface area contributed by atoms with E-state index in [4.69, 9.17) is 0 Å². The van der Waals surface area contributed by atoms with Gasteiger partial charge in [-0.25, -0.2) is 0 Å². The first-order chi connectivity index (χ1) is 7.20. The fourth-order valence-corrected chi connectivity index (χ4v) is 1.56. The SMILES string of the molecule is Cc1c(-c2ccccn2)ccn(C)c1=O. The van der Waals surface area contributed by atoms with Crippen LogP contribution in [0.1, 0.15) is 5.56 Å². The second-order valence-corrected chi connectivity index (χ2v) is 3.49. The topological polar surface area (TPSA) is 34.9 Å². The molecule has 0 aliphatic heterocycles. The predicted octanol–water partition coefficient (Wildman–Crippen LogP) is 1.76. The van der Waals surface area contributed by atoms with Crippen molar-refractivity contribution >= 4 is 0 Å². The molecule has 2 aromatic rings. The molecular formula is C12H12N2O. The second-order valence-electron chi connectivity index (χ2n) is 3.49. The van der Waals surface area contributed by atoms with Crippen molar-refractivity contribution in [3.63, 3.8) is 0 Å². The van der Waals surface area contributed by atoms with Gasteiger partial charge in [0.05, 0.1) is 5.69 Å². The lowest BCUT2D eigenvalue weighted by atomic mass is 10.1. The summed E-state index contributed by atoms with van der Waals surface area (Å²) in [5.74, 6) is 0. The van der Waals surface area contributed by atoms with Gasteiger partial charge in [0, 0.05) is 30.6 Å². The van der Waals surface area contributed by atoms with Crippen LogP contribution < -0.4 is 5.56 Å². The van der Waals surface area contributed by atoms with Gasteiger partial charge in [-0.15, -0.1) is 0 Å². The highest BCUT2D eigenvalue weighted by Gasteiger charge is 2.06. The van der Waals surface area contributed by atoms with Crippen LogP contribution in [0, 0.1) is 6.92 Å². The van der Waals surface area contributed by atoms with Crippen molar-refractivity contribution < 1.29 is 0 Å². The summed E-state index contributed by atoms with van der Waals surface area (Å²) in [6, 6.07) is 7.60. The Labute approximate surface area is 88.0 Å². The van der Waals surface area contributed by atoms with E-state index in [1.165, 1.54) is 0 Å². The molecule has 0 aliphatic carbocycles. The lowest BCUT2D eigenvalue weighted by molar-refractivity contribution is 0.849. The van der Waals surface area contributed by atoms with Crippen LogP contribution in [0.2, 0.25) is 0 Å². The van der Waals surface area contributed by atoms with Crippen molar-refractivity contribution in [2.45, 2.75) is 6.92 Å². The molecule has 2 aromatic heterocycles. The molecule has 76 valence electrons. The highest BCUT2D eigenvalue weighted by molar-refractivity contribution is 5.62. The van der Waals surface area contributed by atoms with Crippen LogP contribution in [0.25, 0.3) is 11.3 Å². The zero-order valence-electron chi connectivity index (χ0n) is 8.77. The van der Waals surface area contributed by atoms with Gasteiger partial charge in [-0.3, -0.25) is 9.78 Å². The predicted molar refractivity (Wildman–Crippen MR) is 59.7 cm³/mol. The van der Waals surface area contributed by atoms with Crippen LogP contribution >= 0.6 is 0 Å². The Morgan fingerprint density at radius 2 is 2.07 bits per heavy atom. The lowest BCUT2D eigenvalue weighted by Crippen LogP contribution is -2.19. The highest BCUT2D eigenvalue weighted by atomic mass is 16.1. The molecule has 15 heavy (non-hydrogen) atoms. The van der Waals surface area contributed by atoms with Gasteiger partial charge in [0.25, 0.3) is 5.56 Å². The summed E-state index contributed by atoms with van der Waals surface area (Å²) < 4.78 is 1.57. The van der Waals surface area contributed by atoms with Crippen LogP contribution in [0.5, 0.6) is 0 Å². The molecule has 0 aliphatic rings. The van der Waals surface area contributed by atoms with E-state index in [1.54, 1.807) is 24.0 Å². The molecule has 0 radical (unpaired) electrons. The molecule has 3 heteroatoms. The van der Waals surface area contributed by atoms with Crippen molar-refractivity contribution in [1.29, 1.82) is 0 Å². The zero-order valence-corrected chi connectivity index (χ0v) is 8.77. The number of hydrogen-bond acceptors (Lipinski definition) is 2. The van der Waals surface area contributed by atoms with Crippen molar-refractivity contribution in [3.8, 4) is 11.3 Å². The largest absolute Gasteiger partial charge is 0.318 e. The fourth-order valence-electron chi connectivity index (χ4n) is 1.56. The maximum Gasteiger partial charge on any atom is 0.253 e. The monoisotopic (exact) mass is 200 g/mol. The number of hydrogen-bond donors (Lipinski definition) is 0. The lowest BCUT2D eigenvalue weighted by Gasteiger charge is -2.05.